The number of halogens is 3. The lowest BCUT2D eigenvalue weighted by molar-refractivity contribution is -0.186. The molecule has 0 saturated heterocycles. The van der Waals surface area contributed by atoms with E-state index in [4.69, 9.17) is 10.00 Å². The summed E-state index contributed by atoms with van der Waals surface area (Å²) in [6, 6.07) is 10.9. The summed E-state index contributed by atoms with van der Waals surface area (Å²) in [5, 5.41) is 9.08. The summed E-state index contributed by atoms with van der Waals surface area (Å²) in [7, 11) is -4.30. The largest absolute Gasteiger partial charge is 0.471 e. The van der Waals surface area contributed by atoms with Gasteiger partial charge >= 0.3 is 18.1 Å². The molecular formula is C23H22F3N3O5S. The minimum atomic E-state index is -5.03. The van der Waals surface area contributed by atoms with Crippen LogP contribution in [0, 0.1) is 11.3 Å². The van der Waals surface area contributed by atoms with Crippen molar-refractivity contribution in [2.75, 3.05) is 13.2 Å². The van der Waals surface area contributed by atoms with Crippen molar-refractivity contribution in [2.45, 2.75) is 43.4 Å². The van der Waals surface area contributed by atoms with Gasteiger partial charge in [-0.3, -0.25) is 9.59 Å². The Kier molecular flexibility index (Phi) is 7.82. The minimum absolute atomic E-state index is 0.0111. The van der Waals surface area contributed by atoms with E-state index in [2.05, 4.69) is 4.72 Å². The van der Waals surface area contributed by atoms with Crippen molar-refractivity contribution >= 4 is 21.9 Å². The lowest BCUT2D eigenvalue weighted by Crippen LogP contribution is -2.44. The third-order valence-electron chi connectivity index (χ3n) is 5.39. The van der Waals surface area contributed by atoms with Gasteiger partial charge in [0.2, 0.25) is 10.0 Å². The average Bonchev–Trinajstić information content (AvgIpc) is 2.82. The minimum Gasteiger partial charge on any atom is -0.465 e. The smallest absolute Gasteiger partial charge is 0.465 e. The average molecular weight is 510 g/mol. The van der Waals surface area contributed by atoms with Crippen molar-refractivity contribution in [1.29, 1.82) is 5.26 Å². The second-order valence-corrected chi connectivity index (χ2v) is 9.56. The molecule has 35 heavy (non-hydrogen) atoms. The van der Waals surface area contributed by atoms with E-state index < -0.39 is 34.1 Å². The van der Waals surface area contributed by atoms with Crippen molar-refractivity contribution in [1.82, 2.24) is 9.62 Å². The number of hydrogen-bond acceptors (Lipinski definition) is 6. The van der Waals surface area contributed by atoms with Crippen LogP contribution in [0.25, 0.3) is 0 Å². The molecule has 2 aromatic carbocycles. The molecule has 3 rings (SSSR count). The predicted molar refractivity (Wildman–Crippen MR) is 117 cm³/mol. The van der Waals surface area contributed by atoms with E-state index in [1.54, 1.807) is 25.1 Å². The number of fused-ring (bicyclic) bond motifs is 1. The molecule has 0 aromatic heterocycles. The van der Waals surface area contributed by atoms with Crippen LogP contribution in [-0.4, -0.2) is 50.6 Å². The maximum atomic E-state index is 13.1. The number of nitrogens with zero attached hydrogens (tertiary/aromatic N) is 2. The molecule has 0 spiro atoms. The molecule has 8 nitrogen and oxygen atoms in total. The number of nitriles is 1. The molecular weight excluding hydrogens is 487 g/mol. The summed E-state index contributed by atoms with van der Waals surface area (Å²) in [5.74, 6) is -2.81. The van der Waals surface area contributed by atoms with Gasteiger partial charge < -0.3 is 9.64 Å². The standard InChI is InChI=1S/C23H22F3N3O5S/c1-2-34-21(30)20(11-15-4-3-5-16(10-15)13-27)28-35(32,33)19-7-6-17-8-9-29(14-18(17)12-19)22(31)23(24,25)26/h3-7,10,12,20,28H,2,8-9,11,14H2,1H3/t20-/m0/s1. The van der Waals surface area contributed by atoms with Crippen molar-refractivity contribution in [2.24, 2.45) is 0 Å². The van der Waals surface area contributed by atoms with Crippen LogP contribution in [-0.2, 0) is 43.7 Å². The SMILES string of the molecule is CCOC(=O)[C@H](Cc1cccc(C#N)c1)NS(=O)(=O)c1ccc2c(c1)CN(C(=O)C(F)(F)F)CC2. The fourth-order valence-electron chi connectivity index (χ4n) is 3.73. The molecule has 0 bridgehead atoms. The van der Waals surface area contributed by atoms with E-state index in [1.165, 1.54) is 24.3 Å². The molecule has 0 aliphatic carbocycles. The van der Waals surface area contributed by atoms with Gasteiger partial charge in [-0.15, -0.1) is 0 Å². The predicted octanol–water partition coefficient (Wildman–Crippen LogP) is 2.46. The Morgan fingerprint density at radius 2 is 1.94 bits per heavy atom. The van der Waals surface area contributed by atoms with Gasteiger partial charge in [0, 0.05) is 13.1 Å². The van der Waals surface area contributed by atoms with Crippen molar-refractivity contribution in [3.63, 3.8) is 0 Å². The Morgan fingerprint density at radius 1 is 1.20 bits per heavy atom. The van der Waals surface area contributed by atoms with Crippen LogP contribution in [0.15, 0.2) is 47.4 Å². The number of hydrogen-bond donors (Lipinski definition) is 1. The van der Waals surface area contributed by atoms with Crippen LogP contribution in [0.2, 0.25) is 0 Å². The van der Waals surface area contributed by atoms with Crippen molar-refractivity contribution < 1.29 is 35.9 Å². The number of amides is 1. The second kappa shape index (κ2) is 10.5. The maximum absolute atomic E-state index is 13.1. The molecule has 1 atom stereocenters. The molecule has 186 valence electrons. The third kappa shape index (κ3) is 6.37. The Bertz CT molecular complexity index is 1270. The van der Waals surface area contributed by atoms with Gasteiger partial charge in [-0.05, 0) is 60.7 Å². The molecule has 1 heterocycles. The van der Waals surface area contributed by atoms with E-state index in [1.807, 2.05) is 6.07 Å². The molecule has 1 amide bonds. The maximum Gasteiger partial charge on any atom is 0.471 e. The highest BCUT2D eigenvalue weighted by atomic mass is 32.2. The molecule has 0 fully saturated rings. The van der Waals surface area contributed by atoms with Gasteiger partial charge in [0.05, 0.1) is 23.1 Å². The van der Waals surface area contributed by atoms with Crippen molar-refractivity contribution in [3.05, 3.63) is 64.7 Å². The van der Waals surface area contributed by atoms with Gasteiger partial charge in [0.15, 0.2) is 0 Å². The molecule has 0 unspecified atom stereocenters. The fraction of sp³-hybridized carbons (Fsp3) is 0.348. The number of esters is 1. The van der Waals surface area contributed by atoms with Gasteiger partial charge in [-0.25, -0.2) is 8.42 Å². The topological polar surface area (TPSA) is 117 Å². The zero-order chi connectivity index (χ0) is 25.8. The van der Waals surface area contributed by atoms with E-state index in [9.17, 15) is 31.2 Å². The number of nitrogens with one attached hydrogen (secondary N) is 1. The zero-order valence-corrected chi connectivity index (χ0v) is 19.4. The Morgan fingerprint density at radius 3 is 2.60 bits per heavy atom. The first-order valence-electron chi connectivity index (χ1n) is 10.6. The van der Waals surface area contributed by atoms with Gasteiger partial charge in [-0.2, -0.15) is 23.2 Å². The number of rotatable bonds is 7. The van der Waals surface area contributed by atoms with Crippen LogP contribution in [0.3, 0.4) is 0 Å². The summed E-state index contributed by atoms with van der Waals surface area (Å²) in [6.45, 7) is 1.05. The quantitative estimate of drug-likeness (QED) is 0.574. The van der Waals surface area contributed by atoms with Crippen molar-refractivity contribution in [3.8, 4) is 6.07 Å². The molecule has 2 aromatic rings. The lowest BCUT2D eigenvalue weighted by atomic mass is 10.00. The van der Waals surface area contributed by atoms with E-state index in [0.717, 1.165) is 0 Å². The van der Waals surface area contributed by atoms with Gasteiger partial charge in [-0.1, -0.05) is 18.2 Å². The van der Waals surface area contributed by atoms with Crippen LogP contribution in [0.1, 0.15) is 29.2 Å². The number of ether oxygens (including phenoxy) is 1. The normalized spacial score (nSPS) is 14.5. The van der Waals surface area contributed by atoms with Crippen LogP contribution >= 0.6 is 0 Å². The highest BCUT2D eigenvalue weighted by molar-refractivity contribution is 7.89. The number of carbonyl (C=O) groups excluding carboxylic acids is 2. The van der Waals surface area contributed by atoms with Gasteiger partial charge in [0.1, 0.15) is 6.04 Å². The number of sulfonamides is 1. The molecule has 1 N–H and O–H groups in total. The van der Waals surface area contributed by atoms with Crippen LogP contribution in [0.4, 0.5) is 13.2 Å². The number of carbonyl (C=O) groups is 2. The number of alkyl halides is 3. The summed E-state index contributed by atoms with van der Waals surface area (Å²) in [4.78, 5) is 24.5. The highest BCUT2D eigenvalue weighted by Gasteiger charge is 2.43. The van der Waals surface area contributed by atoms with E-state index >= 15 is 0 Å². The fourth-order valence-corrected chi connectivity index (χ4v) is 4.96. The molecule has 12 heteroatoms. The summed E-state index contributed by atoms with van der Waals surface area (Å²) >= 11 is 0. The Labute approximate surface area is 200 Å². The Balaban J connectivity index is 1.86. The zero-order valence-electron chi connectivity index (χ0n) is 18.6. The summed E-state index contributed by atoms with van der Waals surface area (Å²) < 4.78 is 72.0. The van der Waals surface area contributed by atoms with E-state index in [0.29, 0.717) is 21.6 Å². The van der Waals surface area contributed by atoms with Crippen LogP contribution < -0.4 is 4.72 Å². The monoisotopic (exact) mass is 509 g/mol. The lowest BCUT2D eigenvalue weighted by Gasteiger charge is -2.29. The summed E-state index contributed by atoms with van der Waals surface area (Å²) in [6.07, 6.45) is -4.98. The Hall–Kier alpha value is -3.43. The highest BCUT2D eigenvalue weighted by Crippen LogP contribution is 2.27. The van der Waals surface area contributed by atoms with E-state index in [-0.39, 0.29) is 43.0 Å². The molecule has 0 saturated carbocycles. The van der Waals surface area contributed by atoms with Crippen LogP contribution in [0.5, 0.6) is 0 Å². The first-order valence-corrected chi connectivity index (χ1v) is 12.1. The molecule has 1 aliphatic rings. The molecule has 1 aliphatic heterocycles. The van der Waals surface area contributed by atoms with Gasteiger partial charge in [0.25, 0.3) is 0 Å². The first-order chi connectivity index (χ1) is 16.4. The summed E-state index contributed by atoms with van der Waals surface area (Å²) in [5.41, 5.74) is 1.76. The second-order valence-electron chi connectivity index (χ2n) is 7.85. The first kappa shape index (κ1) is 26.2. The third-order valence-corrected chi connectivity index (χ3v) is 6.86. The number of benzene rings is 2. The molecule has 0 radical (unpaired) electrons.